The van der Waals surface area contributed by atoms with Gasteiger partial charge < -0.3 is 10.6 Å². The molecular weight excluding hydrogens is 204 g/mol. The molecule has 0 radical (unpaired) electrons. The second kappa shape index (κ2) is 4.57. The first-order chi connectivity index (χ1) is 7.74. The molecule has 5 heteroatoms. The fraction of sp³-hybridized carbons (Fsp3) is 0.545. The van der Waals surface area contributed by atoms with Gasteiger partial charge in [0.05, 0.1) is 5.56 Å². The highest BCUT2D eigenvalue weighted by Gasteiger charge is 2.33. The third kappa shape index (κ3) is 1.90. The standard InChI is InChI=1S/C11H16N4O/c1-8-2-3-15(10(8)4-12)11(16)9-5-13-7-14-6-9/h5-8,10H,2-4,12H2,1H3. The summed E-state index contributed by atoms with van der Waals surface area (Å²) in [5, 5.41) is 0. The Morgan fingerprint density at radius 3 is 2.88 bits per heavy atom. The predicted octanol–water partition coefficient (Wildman–Crippen LogP) is 0.286. The number of likely N-dealkylation sites (tertiary alicyclic amines) is 1. The molecule has 1 aliphatic heterocycles. The summed E-state index contributed by atoms with van der Waals surface area (Å²) >= 11 is 0. The molecule has 1 aromatic rings. The van der Waals surface area contributed by atoms with Gasteiger partial charge in [0.25, 0.3) is 5.91 Å². The molecule has 0 aromatic carbocycles. The molecule has 2 unspecified atom stereocenters. The Morgan fingerprint density at radius 1 is 1.56 bits per heavy atom. The Hall–Kier alpha value is -1.49. The highest BCUT2D eigenvalue weighted by Crippen LogP contribution is 2.24. The molecule has 1 saturated heterocycles. The second-order valence-corrected chi connectivity index (χ2v) is 4.19. The number of hydrogen-bond acceptors (Lipinski definition) is 4. The highest BCUT2D eigenvalue weighted by atomic mass is 16.2. The minimum absolute atomic E-state index is 0.0135. The van der Waals surface area contributed by atoms with Gasteiger partial charge in [-0.05, 0) is 12.3 Å². The lowest BCUT2D eigenvalue weighted by atomic mass is 10.0. The van der Waals surface area contributed by atoms with Crippen molar-refractivity contribution >= 4 is 5.91 Å². The van der Waals surface area contributed by atoms with Crippen molar-refractivity contribution < 1.29 is 4.79 Å². The highest BCUT2D eigenvalue weighted by molar-refractivity contribution is 5.94. The average molecular weight is 220 g/mol. The summed E-state index contributed by atoms with van der Waals surface area (Å²) in [6.07, 6.45) is 5.53. The summed E-state index contributed by atoms with van der Waals surface area (Å²) in [5.41, 5.74) is 6.24. The molecule has 2 heterocycles. The maximum atomic E-state index is 12.2. The summed E-state index contributed by atoms with van der Waals surface area (Å²) in [4.78, 5) is 21.7. The summed E-state index contributed by atoms with van der Waals surface area (Å²) < 4.78 is 0. The Morgan fingerprint density at radius 2 is 2.25 bits per heavy atom. The molecule has 2 rings (SSSR count). The number of amides is 1. The van der Waals surface area contributed by atoms with Crippen LogP contribution in [0.25, 0.3) is 0 Å². The van der Waals surface area contributed by atoms with E-state index in [0.717, 1.165) is 13.0 Å². The average Bonchev–Trinajstić information content (AvgIpc) is 2.70. The zero-order valence-electron chi connectivity index (χ0n) is 9.34. The number of rotatable bonds is 2. The molecule has 1 aliphatic rings. The van der Waals surface area contributed by atoms with Gasteiger partial charge in [0.15, 0.2) is 0 Å². The van der Waals surface area contributed by atoms with Crippen molar-refractivity contribution in [3.05, 3.63) is 24.3 Å². The molecule has 0 aliphatic carbocycles. The van der Waals surface area contributed by atoms with Gasteiger partial charge in [0.2, 0.25) is 0 Å². The topological polar surface area (TPSA) is 72.1 Å². The molecule has 86 valence electrons. The smallest absolute Gasteiger partial charge is 0.257 e. The van der Waals surface area contributed by atoms with Crippen LogP contribution >= 0.6 is 0 Å². The largest absolute Gasteiger partial charge is 0.334 e. The van der Waals surface area contributed by atoms with Gasteiger partial charge in [-0.3, -0.25) is 4.79 Å². The lowest BCUT2D eigenvalue weighted by Gasteiger charge is -2.25. The van der Waals surface area contributed by atoms with Crippen LogP contribution in [0.2, 0.25) is 0 Å². The Labute approximate surface area is 94.7 Å². The summed E-state index contributed by atoms with van der Waals surface area (Å²) in [6, 6.07) is 0.146. The molecule has 0 bridgehead atoms. The van der Waals surface area contributed by atoms with Gasteiger partial charge in [-0.1, -0.05) is 6.92 Å². The molecule has 16 heavy (non-hydrogen) atoms. The molecule has 0 spiro atoms. The Balaban J connectivity index is 2.17. The predicted molar refractivity (Wildman–Crippen MR) is 59.7 cm³/mol. The lowest BCUT2D eigenvalue weighted by Crippen LogP contribution is -2.42. The van der Waals surface area contributed by atoms with Crippen LogP contribution < -0.4 is 5.73 Å². The van der Waals surface area contributed by atoms with Gasteiger partial charge in [0, 0.05) is 31.5 Å². The summed E-state index contributed by atoms with van der Waals surface area (Å²) in [7, 11) is 0. The van der Waals surface area contributed by atoms with Crippen molar-refractivity contribution in [2.75, 3.05) is 13.1 Å². The number of carbonyl (C=O) groups excluding carboxylic acids is 1. The Bertz CT molecular complexity index is 368. The van der Waals surface area contributed by atoms with E-state index in [0.29, 0.717) is 18.0 Å². The maximum absolute atomic E-state index is 12.2. The van der Waals surface area contributed by atoms with Crippen LogP contribution in [-0.4, -0.2) is 39.9 Å². The van der Waals surface area contributed by atoms with E-state index in [1.54, 1.807) is 12.4 Å². The zero-order chi connectivity index (χ0) is 11.5. The van der Waals surface area contributed by atoms with Crippen LogP contribution in [0.1, 0.15) is 23.7 Å². The van der Waals surface area contributed by atoms with E-state index in [4.69, 9.17) is 5.73 Å². The SMILES string of the molecule is CC1CCN(C(=O)c2cncnc2)C1CN. The molecule has 5 nitrogen and oxygen atoms in total. The summed E-state index contributed by atoms with van der Waals surface area (Å²) in [5.74, 6) is 0.457. The number of hydrogen-bond donors (Lipinski definition) is 1. The number of carbonyl (C=O) groups is 1. The van der Waals surface area contributed by atoms with Crippen LogP contribution in [0.4, 0.5) is 0 Å². The van der Waals surface area contributed by atoms with Crippen LogP contribution in [0.5, 0.6) is 0 Å². The number of aromatic nitrogens is 2. The molecule has 2 N–H and O–H groups in total. The lowest BCUT2D eigenvalue weighted by molar-refractivity contribution is 0.0726. The van der Waals surface area contributed by atoms with Crippen LogP contribution in [0, 0.1) is 5.92 Å². The molecule has 1 aromatic heterocycles. The van der Waals surface area contributed by atoms with Gasteiger partial charge in [-0.2, -0.15) is 0 Å². The van der Waals surface area contributed by atoms with Crippen molar-refractivity contribution in [1.82, 2.24) is 14.9 Å². The second-order valence-electron chi connectivity index (χ2n) is 4.19. The molecule has 1 amide bonds. The Kier molecular flexibility index (Phi) is 3.14. The van der Waals surface area contributed by atoms with Crippen molar-refractivity contribution in [3.8, 4) is 0 Å². The van der Waals surface area contributed by atoms with Crippen molar-refractivity contribution in [2.45, 2.75) is 19.4 Å². The van der Waals surface area contributed by atoms with Crippen LogP contribution in [-0.2, 0) is 0 Å². The third-order valence-electron chi connectivity index (χ3n) is 3.19. The number of nitrogens with two attached hydrogens (primary N) is 1. The maximum Gasteiger partial charge on any atom is 0.257 e. The van der Waals surface area contributed by atoms with Crippen LogP contribution in [0.15, 0.2) is 18.7 Å². The van der Waals surface area contributed by atoms with Crippen molar-refractivity contribution in [1.29, 1.82) is 0 Å². The van der Waals surface area contributed by atoms with Gasteiger partial charge in [-0.15, -0.1) is 0 Å². The molecular formula is C11H16N4O. The van der Waals surface area contributed by atoms with E-state index in [9.17, 15) is 4.79 Å². The summed E-state index contributed by atoms with van der Waals surface area (Å²) in [6.45, 7) is 3.42. The molecule has 1 fully saturated rings. The van der Waals surface area contributed by atoms with E-state index in [2.05, 4.69) is 16.9 Å². The van der Waals surface area contributed by atoms with E-state index < -0.39 is 0 Å². The minimum Gasteiger partial charge on any atom is -0.334 e. The molecule has 0 saturated carbocycles. The first kappa shape index (κ1) is 11.0. The minimum atomic E-state index is -0.0135. The van der Waals surface area contributed by atoms with Crippen molar-refractivity contribution in [3.63, 3.8) is 0 Å². The first-order valence-corrected chi connectivity index (χ1v) is 5.50. The number of nitrogens with zero attached hydrogens (tertiary/aromatic N) is 3. The zero-order valence-corrected chi connectivity index (χ0v) is 9.34. The first-order valence-electron chi connectivity index (χ1n) is 5.50. The normalized spacial score (nSPS) is 24.8. The van der Waals surface area contributed by atoms with E-state index in [-0.39, 0.29) is 11.9 Å². The van der Waals surface area contributed by atoms with Crippen molar-refractivity contribution in [2.24, 2.45) is 11.7 Å². The van der Waals surface area contributed by atoms with Gasteiger partial charge >= 0.3 is 0 Å². The fourth-order valence-electron chi connectivity index (χ4n) is 2.20. The van der Waals surface area contributed by atoms with E-state index in [1.807, 2.05) is 4.90 Å². The monoisotopic (exact) mass is 220 g/mol. The van der Waals surface area contributed by atoms with Gasteiger partial charge in [-0.25, -0.2) is 9.97 Å². The van der Waals surface area contributed by atoms with E-state index >= 15 is 0 Å². The third-order valence-corrected chi connectivity index (χ3v) is 3.19. The fourth-order valence-corrected chi connectivity index (χ4v) is 2.20. The quantitative estimate of drug-likeness (QED) is 0.777. The van der Waals surface area contributed by atoms with Gasteiger partial charge in [0.1, 0.15) is 6.33 Å². The van der Waals surface area contributed by atoms with E-state index in [1.165, 1.54) is 6.33 Å². The molecule has 2 atom stereocenters. The van der Waals surface area contributed by atoms with Crippen LogP contribution in [0.3, 0.4) is 0 Å².